The van der Waals surface area contributed by atoms with Gasteiger partial charge in [-0.05, 0) is 18.9 Å². The molecule has 0 aliphatic rings. The molecule has 0 atom stereocenters. The molecule has 18 heavy (non-hydrogen) atoms. The van der Waals surface area contributed by atoms with Gasteiger partial charge in [0.25, 0.3) is 5.69 Å². The Morgan fingerprint density at radius 2 is 2.11 bits per heavy atom. The molecule has 0 saturated carbocycles. The van der Waals surface area contributed by atoms with Crippen molar-refractivity contribution in [3.63, 3.8) is 0 Å². The van der Waals surface area contributed by atoms with Crippen molar-refractivity contribution >= 4 is 11.4 Å². The number of rotatable bonds is 7. The second-order valence-electron chi connectivity index (χ2n) is 4.15. The van der Waals surface area contributed by atoms with Crippen LogP contribution in [-0.4, -0.2) is 10.0 Å². The molecule has 6 nitrogen and oxygen atoms in total. The topological polar surface area (TPSA) is 99.2 Å². The van der Waals surface area contributed by atoms with Crippen molar-refractivity contribution in [2.24, 2.45) is 0 Å². The number of anilines is 1. The lowest BCUT2D eigenvalue weighted by atomic mass is 10.0. The highest BCUT2D eigenvalue weighted by Gasteiger charge is 2.19. The first-order chi connectivity index (χ1) is 8.61. The first-order valence-electron chi connectivity index (χ1n) is 6.03. The average Bonchev–Trinajstić information content (AvgIpc) is 2.35. The molecule has 0 bridgehead atoms. The van der Waals surface area contributed by atoms with Gasteiger partial charge in [-0.2, -0.15) is 5.84 Å². The highest BCUT2D eigenvalue weighted by molar-refractivity contribution is 5.69. The maximum absolute atomic E-state index is 10.8. The Balaban J connectivity index is 2.93. The van der Waals surface area contributed by atoms with E-state index in [1.807, 2.05) is 0 Å². The van der Waals surface area contributed by atoms with E-state index in [4.69, 9.17) is 5.84 Å². The second-order valence-corrected chi connectivity index (χ2v) is 4.15. The van der Waals surface area contributed by atoms with Crippen molar-refractivity contribution in [1.29, 1.82) is 0 Å². The van der Waals surface area contributed by atoms with Crippen molar-refractivity contribution in [3.05, 3.63) is 27.8 Å². The fourth-order valence-corrected chi connectivity index (χ4v) is 1.90. The van der Waals surface area contributed by atoms with Crippen molar-refractivity contribution in [2.45, 2.75) is 39.0 Å². The molecule has 3 N–H and O–H groups in total. The third-order valence-corrected chi connectivity index (χ3v) is 2.87. The minimum atomic E-state index is -0.550. The molecule has 0 saturated heterocycles. The fraction of sp³-hybridized carbons (Fsp3) is 0.500. The Kier molecular flexibility index (Phi) is 5.38. The zero-order valence-corrected chi connectivity index (χ0v) is 10.4. The minimum absolute atomic E-state index is 0.00634. The first kappa shape index (κ1) is 14.2. The van der Waals surface area contributed by atoms with Gasteiger partial charge in [0.1, 0.15) is 11.4 Å². The summed E-state index contributed by atoms with van der Waals surface area (Å²) >= 11 is 0. The van der Waals surface area contributed by atoms with E-state index in [1.165, 1.54) is 12.1 Å². The van der Waals surface area contributed by atoms with Gasteiger partial charge in [0.05, 0.1) is 4.92 Å². The molecule has 0 aromatic heterocycles. The van der Waals surface area contributed by atoms with Crippen LogP contribution in [0.25, 0.3) is 0 Å². The Bertz CT molecular complexity index is 421. The normalized spacial score (nSPS) is 10.3. The summed E-state index contributed by atoms with van der Waals surface area (Å²) < 4.78 is 0. The fourth-order valence-electron chi connectivity index (χ4n) is 1.90. The lowest BCUT2D eigenvalue weighted by Crippen LogP contribution is -2.03. The van der Waals surface area contributed by atoms with E-state index in [9.17, 15) is 15.2 Å². The number of hydrogen-bond donors (Lipinski definition) is 2. The predicted octanol–water partition coefficient (Wildman–Crippen LogP) is 3.03. The second kappa shape index (κ2) is 6.80. The largest absolute Gasteiger partial charge is 0.508 e. The van der Waals surface area contributed by atoms with Crippen LogP contribution in [0.3, 0.4) is 0 Å². The van der Waals surface area contributed by atoms with Gasteiger partial charge in [-0.3, -0.25) is 10.1 Å². The monoisotopic (exact) mass is 252 g/mol. The van der Waals surface area contributed by atoms with Gasteiger partial charge < -0.3 is 10.5 Å². The molecule has 0 unspecified atom stereocenters. The molecule has 0 aliphatic carbocycles. The van der Waals surface area contributed by atoms with Crippen molar-refractivity contribution in [3.8, 4) is 5.75 Å². The summed E-state index contributed by atoms with van der Waals surface area (Å²) in [6.07, 6.45) is 4.59. The van der Waals surface area contributed by atoms with Crippen LogP contribution in [0.5, 0.6) is 5.75 Å². The number of nitro groups is 1. The third kappa shape index (κ3) is 3.33. The molecular formula is C12H18N3O3. The van der Waals surface area contributed by atoms with E-state index in [0.717, 1.165) is 25.7 Å². The number of unbranched alkanes of at least 4 members (excludes halogenated alkanes) is 3. The number of hydrogen-bond acceptors (Lipinski definition) is 4. The number of nitrogens with one attached hydrogen (secondary N) is 2. The van der Waals surface area contributed by atoms with Crippen LogP contribution in [0.15, 0.2) is 12.1 Å². The lowest BCUT2D eigenvalue weighted by molar-refractivity contribution is -0.384. The maximum atomic E-state index is 10.8. The number of benzene rings is 1. The summed E-state index contributed by atoms with van der Waals surface area (Å²) in [5.74, 6) is 7.17. The smallest absolute Gasteiger partial charge is 0.294 e. The first-order valence-corrected chi connectivity index (χ1v) is 6.03. The molecule has 0 amide bonds. The SMILES string of the molecule is CCCCCCc1c(O)ccc([N+](=O)[O-])c1N[NH]. The molecule has 1 rings (SSSR count). The van der Waals surface area contributed by atoms with Crippen LogP contribution in [0.2, 0.25) is 0 Å². The van der Waals surface area contributed by atoms with Gasteiger partial charge in [0.15, 0.2) is 0 Å². The van der Waals surface area contributed by atoms with Gasteiger partial charge in [-0.25, -0.2) is 0 Å². The van der Waals surface area contributed by atoms with Crippen LogP contribution in [-0.2, 0) is 6.42 Å². The maximum Gasteiger partial charge on any atom is 0.294 e. The Morgan fingerprint density at radius 1 is 1.39 bits per heavy atom. The molecular weight excluding hydrogens is 234 g/mol. The Hall–Kier alpha value is -1.82. The van der Waals surface area contributed by atoms with Gasteiger partial charge in [-0.1, -0.05) is 26.2 Å². The Morgan fingerprint density at radius 3 is 2.67 bits per heavy atom. The summed E-state index contributed by atoms with van der Waals surface area (Å²) in [6.45, 7) is 2.10. The number of nitro benzene ring substituents is 1. The molecule has 1 radical (unpaired) electrons. The number of nitrogens with zero attached hydrogens (tertiary/aromatic N) is 1. The van der Waals surface area contributed by atoms with E-state index in [0.29, 0.717) is 12.0 Å². The summed E-state index contributed by atoms with van der Waals surface area (Å²) in [5, 5.41) is 20.6. The number of phenolic OH excluding ortho intramolecular Hbond substituents is 1. The van der Waals surface area contributed by atoms with Gasteiger partial charge in [0.2, 0.25) is 0 Å². The third-order valence-electron chi connectivity index (χ3n) is 2.87. The van der Waals surface area contributed by atoms with Crippen LogP contribution in [0.4, 0.5) is 11.4 Å². The van der Waals surface area contributed by atoms with Gasteiger partial charge in [0, 0.05) is 11.6 Å². The number of aromatic hydroxyl groups is 1. The molecule has 1 aromatic rings. The quantitative estimate of drug-likeness (QED) is 0.442. The number of phenols is 1. The zero-order chi connectivity index (χ0) is 13.5. The molecule has 1 aromatic carbocycles. The summed E-state index contributed by atoms with van der Waals surface area (Å²) in [5.41, 5.74) is 2.45. The molecule has 0 spiro atoms. The highest BCUT2D eigenvalue weighted by Crippen LogP contribution is 2.35. The molecule has 0 fully saturated rings. The molecule has 0 heterocycles. The van der Waals surface area contributed by atoms with Gasteiger partial charge in [-0.15, -0.1) is 0 Å². The van der Waals surface area contributed by atoms with E-state index in [1.54, 1.807) is 0 Å². The van der Waals surface area contributed by atoms with E-state index >= 15 is 0 Å². The highest BCUT2D eigenvalue weighted by atomic mass is 16.6. The molecule has 6 heteroatoms. The summed E-state index contributed by atoms with van der Waals surface area (Å²) in [7, 11) is 0. The zero-order valence-electron chi connectivity index (χ0n) is 10.4. The van der Waals surface area contributed by atoms with Crippen LogP contribution in [0, 0.1) is 10.1 Å². The van der Waals surface area contributed by atoms with Crippen molar-refractivity contribution in [1.82, 2.24) is 5.84 Å². The van der Waals surface area contributed by atoms with E-state index in [2.05, 4.69) is 12.3 Å². The Labute approximate surface area is 106 Å². The van der Waals surface area contributed by atoms with Crippen molar-refractivity contribution < 1.29 is 10.0 Å². The summed E-state index contributed by atoms with van der Waals surface area (Å²) in [6, 6.07) is 2.52. The van der Waals surface area contributed by atoms with Crippen LogP contribution in [0.1, 0.15) is 38.2 Å². The summed E-state index contributed by atoms with van der Waals surface area (Å²) in [4.78, 5) is 10.3. The predicted molar refractivity (Wildman–Crippen MR) is 69.3 cm³/mol. The van der Waals surface area contributed by atoms with E-state index < -0.39 is 4.92 Å². The molecule has 99 valence electrons. The molecule has 0 aliphatic heterocycles. The van der Waals surface area contributed by atoms with Gasteiger partial charge >= 0.3 is 0 Å². The standard InChI is InChI=1S/C12H18N3O3/c1-2-3-4-5-6-9-11(16)8-7-10(15(17)18)12(9)14-13/h7-8,13-14,16H,2-6H2,1H3. The van der Waals surface area contributed by atoms with Crippen LogP contribution >= 0.6 is 0 Å². The van der Waals surface area contributed by atoms with E-state index in [-0.39, 0.29) is 17.1 Å². The minimum Gasteiger partial charge on any atom is -0.508 e. The lowest BCUT2D eigenvalue weighted by Gasteiger charge is -2.10. The van der Waals surface area contributed by atoms with Crippen LogP contribution < -0.4 is 11.3 Å². The van der Waals surface area contributed by atoms with Crippen molar-refractivity contribution in [2.75, 3.05) is 5.43 Å². The average molecular weight is 252 g/mol.